The van der Waals surface area contributed by atoms with Crippen molar-refractivity contribution in [3.8, 4) is 6.07 Å². The minimum Gasteiger partial charge on any atom is -0.399 e. The van der Waals surface area contributed by atoms with Crippen LogP contribution in [0.2, 0.25) is 0 Å². The number of nitriles is 1. The normalized spacial score (nSPS) is 9.78. The molecule has 1 aromatic carbocycles. The van der Waals surface area contributed by atoms with E-state index in [-0.39, 0.29) is 5.91 Å². The van der Waals surface area contributed by atoms with Gasteiger partial charge in [-0.15, -0.1) is 0 Å². The molecule has 0 aliphatic heterocycles. The number of hydrogen-bond acceptors (Lipinski definition) is 3. The molecule has 0 aromatic heterocycles. The van der Waals surface area contributed by atoms with Gasteiger partial charge >= 0.3 is 0 Å². The Labute approximate surface area is 108 Å². The predicted molar refractivity (Wildman–Crippen MR) is 71.7 cm³/mol. The number of aryl methyl sites for hydroxylation is 1. The van der Waals surface area contributed by atoms with E-state index in [4.69, 9.17) is 11.0 Å². The number of carbonyl (C=O) groups excluding carboxylic acids is 1. The standard InChI is InChI=1S/C14H19N3O/c1-2-17(10-4-9-15)14(18)8-7-12-5-3-6-13(16)11-12/h3,5-6,11H,2,4,7-8,10,16H2,1H3. The molecule has 1 amide bonds. The van der Waals surface area contributed by atoms with Crippen LogP contribution in [0, 0.1) is 11.3 Å². The largest absolute Gasteiger partial charge is 0.399 e. The number of carbonyl (C=O) groups is 1. The van der Waals surface area contributed by atoms with Gasteiger partial charge in [0.2, 0.25) is 5.91 Å². The minimum absolute atomic E-state index is 0.0928. The van der Waals surface area contributed by atoms with Gasteiger partial charge in [0, 0.05) is 25.2 Å². The number of nitrogens with zero attached hydrogens (tertiary/aromatic N) is 2. The molecule has 18 heavy (non-hydrogen) atoms. The van der Waals surface area contributed by atoms with Crippen molar-refractivity contribution in [3.05, 3.63) is 29.8 Å². The average molecular weight is 245 g/mol. The van der Waals surface area contributed by atoms with E-state index in [1.165, 1.54) is 0 Å². The molecule has 96 valence electrons. The number of amides is 1. The third kappa shape index (κ3) is 4.46. The van der Waals surface area contributed by atoms with E-state index >= 15 is 0 Å². The summed E-state index contributed by atoms with van der Waals surface area (Å²) in [6, 6.07) is 9.63. The minimum atomic E-state index is 0.0928. The first-order chi connectivity index (χ1) is 8.67. The lowest BCUT2D eigenvalue weighted by Gasteiger charge is -2.19. The van der Waals surface area contributed by atoms with Gasteiger partial charge in [-0.25, -0.2) is 0 Å². The number of benzene rings is 1. The quantitative estimate of drug-likeness (QED) is 0.779. The van der Waals surface area contributed by atoms with E-state index < -0.39 is 0 Å². The highest BCUT2D eigenvalue weighted by atomic mass is 16.2. The van der Waals surface area contributed by atoms with Crippen LogP contribution in [0.5, 0.6) is 0 Å². The second-order valence-corrected chi connectivity index (χ2v) is 4.13. The van der Waals surface area contributed by atoms with Crippen LogP contribution in [0.3, 0.4) is 0 Å². The van der Waals surface area contributed by atoms with E-state index in [1.54, 1.807) is 4.90 Å². The molecular formula is C14H19N3O. The van der Waals surface area contributed by atoms with Gasteiger partial charge in [0.1, 0.15) is 0 Å². The Kier molecular flexibility index (Phi) is 5.72. The summed E-state index contributed by atoms with van der Waals surface area (Å²) < 4.78 is 0. The van der Waals surface area contributed by atoms with Crippen LogP contribution in [0.4, 0.5) is 5.69 Å². The van der Waals surface area contributed by atoms with E-state index in [0.717, 1.165) is 11.3 Å². The van der Waals surface area contributed by atoms with Crippen molar-refractivity contribution < 1.29 is 4.79 Å². The lowest BCUT2D eigenvalue weighted by Crippen LogP contribution is -2.31. The molecule has 1 aromatic rings. The highest BCUT2D eigenvalue weighted by Crippen LogP contribution is 2.09. The molecule has 0 aliphatic rings. The first kappa shape index (κ1) is 14.0. The first-order valence-corrected chi connectivity index (χ1v) is 6.16. The zero-order valence-electron chi connectivity index (χ0n) is 10.7. The molecule has 0 radical (unpaired) electrons. The monoisotopic (exact) mass is 245 g/mol. The van der Waals surface area contributed by atoms with Gasteiger partial charge in [-0.2, -0.15) is 5.26 Å². The molecule has 0 bridgehead atoms. The zero-order valence-corrected chi connectivity index (χ0v) is 10.7. The summed E-state index contributed by atoms with van der Waals surface area (Å²) in [6.07, 6.45) is 1.54. The molecule has 0 atom stereocenters. The van der Waals surface area contributed by atoms with Crippen LogP contribution in [0.25, 0.3) is 0 Å². The average Bonchev–Trinajstić information content (AvgIpc) is 2.37. The number of nitrogens with two attached hydrogens (primary N) is 1. The summed E-state index contributed by atoms with van der Waals surface area (Å²) in [4.78, 5) is 13.6. The molecule has 0 saturated heterocycles. The maximum Gasteiger partial charge on any atom is 0.222 e. The van der Waals surface area contributed by atoms with Gasteiger partial charge < -0.3 is 10.6 Å². The van der Waals surface area contributed by atoms with E-state index in [9.17, 15) is 4.79 Å². The topological polar surface area (TPSA) is 70.1 Å². The van der Waals surface area contributed by atoms with Crippen LogP contribution in [-0.4, -0.2) is 23.9 Å². The molecule has 0 fully saturated rings. The third-order valence-corrected chi connectivity index (χ3v) is 2.81. The molecule has 0 unspecified atom stereocenters. The molecule has 1 rings (SSSR count). The molecule has 0 aliphatic carbocycles. The summed E-state index contributed by atoms with van der Waals surface area (Å²) in [7, 11) is 0. The molecule has 0 spiro atoms. The fourth-order valence-corrected chi connectivity index (χ4v) is 1.80. The summed E-state index contributed by atoms with van der Waals surface area (Å²) >= 11 is 0. The summed E-state index contributed by atoms with van der Waals surface area (Å²) in [5.74, 6) is 0.0928. The van der Waals surface area contributed by atoms with E-state index in [1.807, 2.05) is 31.2 Å². The Hall–Kier alpha value is -2.02. The van der Waals surface area contributed by atoms with Crippen molar-refractivity contribution in [2.45, 2.75) is 26.2 Å². The van der Waals surface area contributed by atoms with Crippen LogP contribution < -0.4 is 5.73 Å². The van der Waals surface area contributed by atoms with Crippen LogP contribution in [0.15, 0.2) is 24.3 Å². The third-order valence-electron chi connectivity index (χ3n) is 2.81. The maximum atomic E-state index is 11.9. The van der Waals surface area contributed by atoms with Gasteiger partial charge in [-0.3, -0.25) is 4.79 Å². The van der Waals surface area contributed by atoms with Crippen molar-refractivity contribution in [2.75, 3.05) is 18.8 Å². The second-order valence-electron chi connectivity index (χ2n) is 4.13. The van der Waals surface area contributed by atoms with Crippen LogP contribution in [-0.2, 0) is 11.2 Å². The zero-order chi connectivity index (χ0) is 13.4. The molecule has 0 heterocycles. The fraction of sp³-hybridized carbons (Fsp3) is 0.429. The summed E-state index contributed by atoms with van der Waals surface area (Å²) in [6.45, 7) is 3.09. The molecular weight excluding hydrogens is 226 g/mol. The van der Waals surface area contributed by atoms with Gasteiger partial charge in [-0.1, -0.05) is 12.1 Å². The number of hydrogen-bond donors (Lipinski definition) is 1. The Balaban J connectivity index is 2.47. The van der Waals surface area contributed by atoms with Gasteiger partial charge in [0.25, 0.3) is 0 Å². The highest BCUT2D eigenvalue weighted by molar-refractivity contribution is 5.76. The SMILES string of the molecule is CCN(CCC#N)C(=O)CCc1cccc(N)c1. The molecule has 2 N–H and O–H groups in total. The fourth-order valence-electron chi connectivity index (χ4n) is 1.80. The molecule has 0 saturated carbocycles. The van der Waals surface area contributed by atoms with Crippen molar-refractivity contribution in [1.82, 2.24) is 4.90 Å². The molecule has 4 nitrogen and oxygen atoms in total. The lowest BCUT2D eigenvalue weighted by atomic mass is 10.1. The second kappa shape index (κ2) is 7.33. The van der Waals surface area contributed by atoms with Crippen molar-refractivity contribution in [2.24, 2.45) is 0 Å². The van der Waals surface area contributed by atoms with Crippen molar-refractivity contribution >= 4 is 11.6 Å². The smallest absolute Gasteiger partial charge is 0.222 e. The Morgan fingerprint density at radius 1 is 1.50 bits per heavy atom. The van der Waals surface area contributed by atoms with Crippen molar-refractivity contribution in [3.63, 3.8) is 0 Å². The summed E-state index contributed by atoms with van der Waals surface area (Å²) in [5.41, 5.74) is 7.47. The number of rotatable bonds is 6. The molecule has 4 heteroatoms. The van der Waals surface area contributed by atoms with Gasteiger partial charge in [0.05, 0.1) is 12.5 Å². The predicted octanol–water partition coefficient (Wildman–Crippen LogP) is 1.96. The van der Waals surface area contributed by atoms with Gasteiger partial charge in [-0.05, 0) is 31.0 Å². The number of anilines is 1. The summed E-state index contributed by atoms with van der Waals surface area (Å²) in [5, 5.41) is 8.53. The highest BCUT2D eigenvalue weighted by Gasteiger charge is 2.10. The lowest BCUT2D eigenvalue weighted by molar-refractivity contribution is -0.130. The van der Waals surface area contributed by atoms with Crippen LogP contribution in [0.1, 0.15) is 25.3 Å². The van der Waals surface area contributed by atoms with Crippen molar-refractivity contribution in [1.29, 1.82) is 5.26 Å². The maximum absolute atomic E-state index is 11.9. The Morgan fingerprint density at radius 2 is 2.28 bits per heavy atom. The Bertz CT molecular complexity index is 437. The number of nitrogen functional groups attached to an aromatic ring is 1. The Morgan fingerprint density at radius 3 is 2.89 bits per heavy atom. The van der Waals surface area contributed by atoms with Crippen LogP contribution >= 0.6 is 0 Å². The van der Waals surface area contributed by atoms with Gasteiger partial charge in [0.15, 0.2) is 0 Å². The van der Waals surface area contributed by atoms with E-state index in [0.29, 0.717) is 32.4 Å². The first-order valence-electron chi connectivity index (χ1n) is 6.16. The van der Waals surface area contributed by atoms with E-state index in [2.05, 4.69) is 6.07 Å².